The van der Waals surface area contributed by atoms with Crippen LogP contribution >= 0.6 is 24.0 Å². The van der Waals surface area contributed by atoms with E-state index in [9.17, 15) is 5.11 Å². The number of guanidine groups is 1. The van der Waals surface area contributed by atoms with E-state index < -0.39 is 6.10 Å². The van der Waals surface area contributed by atoms with Gasteiger partial charge in [0.15, 0.2) is 5.96 Å². The van der Waals surface area contributed by atoms with Crippen LogP contribution in [0.25, 0.3) is 0 Å². The van der Waals surface area contributed by atoms with Crippen LogP contribution in [-0.2, 0) is 6.42 Å². The van der Waals surface area contributed by atoms with E-state index in [1.54, 1.807) is 0 Å². The highest BCUT2D eigenvalue weighted by Gasteiger charge is 2.38. The molecular formula is C20H33IN4O. The van der Waals surface area contributed by atoms with Gasteiger partial charge in [0.05, 0.1) is 12.6 Å². The van der Waals surface area contributed by atoms with Gasteiger partial charge >= 0.3 is 0 Å². The number of benzene rings is 1. The quantitative estimate of drug-likeness (QED) is 0.324. The molecule has 1 aliphatic carbocycles. The Morgan fingerprint density at radius 3 is 2.69 bits per heavy atom. The van der Waals surface area contributed by atoms with Crippen molar-refractivity contribution >= 4 is 29.9 Å². The van der Waals surface area contributed by atoms with Crippen molar-refractivity contribution in [3.05, 3.63) is 35.9 Å². The van der Waals surface area contributed by atoms with Crippen molar-refractivity contribution in [2.75, 3.05) is 19.6 Å². The maximum Gasteiger partial charge on any atom is 0.191 e. The highest BCUT2D eigenvalue weighted by molar-refractivity contribution is 14.0. The third kappa shape index (κ3) is 6.39. The minimum absolute atomic E-state index is 0. The van der Waals surface area contributed by atoms with Crippen molar-refractivity contribution in [2.45, 2.75) is 63.8 Å². The Hall–Kier alpha value is -0.860. The van der Waals surface area contributed by atoms with Crippen LogP contribution in [0.5, 0.6) is 0 Å². The Morgan fingerprint density at radius 1 is 1.31 bits per heavy atom. The molecule has 26 heavy (non-hydrogen) atoms. The first-order chi connectivity index (χ1) is 12.2. The molecule has 0 spiro atoms. The smallest absolute Gasteiger partial charge is 0.191 e. The van der Waals surface area contributed by atoms with E-state index >= 15 is 0 Å². The van der Waals surface area contributed by atoms with Gasteiger partial charge in [-0.15, -0.1) is 24.0 Å². The molecule has 1 heterocycles. The van der Waals surface area contributed by atoms with E-state index in [0.29, 0.717) is 25.0 Å². The van der Waals surface area contributed by atoms with Crippen LogP contribution in [0.1, 0.15) is 38.7 Å². The van der Waals surface area contributed by atoms with Gasteiger partial charge < -0.3 is 15.7 Å². The molecule has 3 unspecified atom stereocenters. The third-order valence-electron chi connectivity index (χ3n) is 5.10. The lowest BCUT2D eigenvalue weighted by atomic mass is 10.1. The lowest BCUT2D eigenvalue weighted by molar-refractivity contribution is 0.183. The van der Waals surface area contributed by atoms with E-state index in [1.165, 1.54) is 12.8 Å². The minimum Gasteiger partial charge on any atom is -0.391 e. The summed E-state index contributed by atoms with van der Waals surface area (Å²) in [4.78, 5) is 7.24. The highest BCUT2D eigenvalue weighted by Crippen LogP contribution is 2.33. The molecule has 1 saturated carbocycles. The number of halogens is 1. The standard InChI is InChI=1S/C20H32N4O.HI/c1-3-21-20(22-13-19(25)12-16-7-5-4-6-8-16)23-17-11-15(2)24(14-17)18-9-10-18;/h4-8,15,17-19,25H,3,9-14H2,1-2H3,(H2,21,22,23);1H. The monoisotopic (exact) mass is 472 g/mol. The summed E-state index contributed by atoms with van der Waals surface area (Å²) in [6.07, 6.45) is 4.06. The minimum atomic E-state index is -0.455. The molecule has 2 fully saturated rings. The third-order valence-corrected chi connectivity index (χ3v) is 5.10. The van der Waals surface area contributed by atoms with Crippen molar-refractivity contribution in [1.29, 1.82) is 0 Å². The van der Waals surface area contributed by atoms with Gasteiger partial charge in [-0.05, 0) is 38.7 Å². The number of aliphatic hydroxyl groups excluding tert-OH is 1. The second-order valence-electron chi connectivity index (χ2n) is 7.42. The Kier molecular flexibility index (Phi) is 8.63. The number of nitrogens with zero attached hydrogens (tertiary/aromatic N) is 2. The number of likely N-dealkylation sites (tertiary alicyclic amines) is 1. The molecule has 3 atom stereocenters. The number of hydrogen-bond donors (Lipinski definition) is 3. The van der Waals surface area contributed by atoms with Crippen LogP contribution in [0.4, 0.5) is 0 Å². The summed E-state index contributed by atoms with van der Waals surface area (Å²) in [5.41, 5.74) is 1.15. The van der Waals surface area contributed by atoms with Crippen LogP contribution in [0.3, 0.4) is 0 Å². The van der Waals surface area contributed by atoms with Gasteiger partial charge in [0, 0.05) is 37.6 Å². The molecule has 0 radical (unpaired) electrons. The molecule has 3 rings (SSSR count). The second kappa shape index (κ2) is 10.5. The normalized spacial score (nSPS) is 24.8. The van der Waals surface area contributed by atoms with Crippen LogP contribution in [0, 0.1) is 0 Å². The number of hydrogen-bond acceptors (Lipinski definition) is 3. The molecule has 6 heteroatoms. The van der Waals surface area contributed by atoms with Gasteiger partial charge in [0.2, 0.25) is 0 Å². The maximum absolute atomic E-state index is 10.3. The maximum atomic E-state index is 10.3. The van der Waals surface area contributed by atoms with Gasteiger partial charge in [-0.2, -0.15) is 0 Å². The average Bonchev–Trinajstić information content (AvgIpc) is 3.37. The van der Waals surface area contributed by atoms with Crippen LogP contribution < -0.4 is 10.6 Å². The molecular weight excluding hydrogens is 439 g/mol. The Morgan fingerprint density at radius 2 is 2.04 bits per heavy atom. The van der Waals surface area contributed by atoms with Crippen molar-refractivity contribution < 1.29 is 5.11 Å². The van der Waals surface area contributed by atoms with E-state index in [1.807, 2.05) is 30.3 Å². The topological polar surface area (TPSA) is 59.9 Å². The van der Waals surface area contributed by atoms with E-state index in [4.69, 9.17) is 0 Å². The molecule has 1 saturated heterocycles. The lowest BCUT2D eigenvalue weighted by Gasteiger charge is -2.20. The van der Waals surface area contributed by atoms with Gasteiger partial charge in [0.25, 0.3) is 0 Å². The first-order valence-electron chi connectivity index (χ1n) is 9.68. The number of aliphatic imine (C=N–C) groups is 1. The zero-order chi connectivity index (χ0) is 17.6. The molecule has 3 N–H and O–H groups in total. The number of aliphatic hydroxyl groups is 1. The molecule has 2 aliphatic rings. The summed E-state index contributed by atoms with van der Waals surface area (Å²) >= 11 is 0. The van der Waals surface area contributed by atoms with E-state index in [0.717, 1.165) is 37.1 Å². The summed E-state index contributed by atoms with van der Waals surface area (Å²) in [5, 5.41) is 17.2. The number of nitrogens with one attached hydrogen (secondary N) is 2. The Balaban J connectivity index is 0.00000243. The second-order valence-corrected chi connectivity index (χ2v) is 7.42. The molecule has 1 aromatic carbocycles. The zero-order valence-electron chi connectivity index (χ0n) is 15.9. The van der Waals surface area contributed by atoms with Gasteiger partial charge in [0.1, 0.15) is 0 Å². The van der Waals surface area contributed by atoms with Crippen molar-refractivity contribution in [3.63, 3.8) is 0 Å². The van der Waals surface area contributed by atoms with E-state index in [2.05, 4.69) is 34.4 Å². The average molecular weight is 472 g/mol. The summed E-state index contributed by atoms with van der Waals surface area (Å²) in [7, 11) is 0. The van der Waals surface area contributed by atoms with Crippen LogP contribution in [0.2, 0.25) is 0 Å². The Labute approximate surface area is 174 Å². The van der Waals surface area contributed by atoms with Crippen molar-refractivity contribution in [3.8, 4) is 0 Å². The zero-order valence-corrected chi connectivity index (χ0v) is 18.2. The summed E-state index contributed by atoms with van der Waals surface area (Å²) < 4.78 is 0. The fraction of sp³-hybridized carbons (Fsp3) is 0.650. The van der Waals surface area contributed by atoms with Gasteiger partial charge in [-0.3, -0.25) is 9.89 Å². The largest absolute Gasteiger partial charge is 0.391 e. The first-order valence-corrected chi connectivity index (χ1v) is 9.68. The van der Waals surface area contributed by atoms with Gasteiger partial charge in [-0.1, -0.05) is 30.3 Å². The van der Waals surface area contributed by atoms with Crippen LogP contribution in [-0.4, -0.2) is 59.8 Å². The fourth-order valence-electron chi connectivity index (χ4n) is 3.74. The molecule has 1 aliphatic heterocycles. The van der Waals surface area contributed by atoms with Crippen molar-refractivity contribution in [1.82, 2.24) is 15.5 Å². The van der Waals surface area contributed by atoms with E-state index in [-0.39, 0.29) is 24.0 Å². The van der Waals surface area contributed by atoms with Gasteiger partial charge in [-0.25, -0.2) is 0 Å². The Bertz CT molecular complexity index is 564. The molecule has 0 bridgehead atoms. The molecule has 5 nitrogen and oxygen atoms in total. The highest BCUT2D eigenvalue weighted by atomic mass is 127. The predicted octanol–water partition coefficient (Wildman–Crippen LogP) is 2.39. The molecule has 0 amide bonds. The van der Waals surface area contributed by atoms with Crippen LogP contribution in [0.15, 0.2) is 35.3 Å². The number of rotatable bonds is 7. The molecule has 1 aromatic rings. The fourth-order valence-corrected chi connectivity index (χ4v) is 3.74. The summed E-state index contributed by atoms with van der Waals surface area (Å²) in [6.45, 7) is 6.75. The van der Waals surface area contributed by atoms with Crippen molar-refractivity contribution in [2.24, 2.45) is 4.99 Å². The lowest BCUT2D eigenvalue weighted by Crippen LogP contribution is -2.45. The first kappa shape index (κ1) is 21.4. The predicted molar refractivity (Wildman–Crippen MR) is 118 cm³/mol. The molecule has 0 aromatic heterocycles. The summed E-state index contributed by atoms with van der Waals surface area (Å²) in [5.74, 6) is 0.824. The summed E-state index contributed by atoms with van der Waals surface area (Å²) in [6, 6.07) is 12.0. The molecule has 146 valence electrons. The SMILES string of the molecule is CCNC(=NCC(O)Cc1ccccc1)NC1CC(C)N(C2CC2)C1.I.